The standard InChI is InChI=1S/C14H20N6O4S/c1-4-11-10(14(21)15-7-8-17-25(3,22)23)9-16-20(11)12-5-6-13(24-2)19-18-12/h5-6,9,17H,4,7-8H2,1-3H3,(H,15,21). The third-order valence-electron chi connectivity index (χ3n) is 3.28. The second kappa shape index (κ2) is 8.03. The lowest BCUT2D eigenvalue weighted by atomic mass is 10.2. The molecule has 0 aromatic carbocycles. The summed E-state index contributed by atoms with van der Waals surface area (Å²) in [6.45, 7) is 2.18. The van der Waals surface area contributed by atoms with Gasteiger partial charge in [0.2, 0.25) is 15.9 Å². The number of hydrogen-bond acceptors (Lipinski definition) is 7. The largest absolute Gasteiger partial charge is 0.480 e. The van der Waals surface area contributed by atoms with E-state index in [1.54, 1.807) is 12.1 Å². The molecule has 136 valence electrons. The Kier molecular flexibility index (Phi) is 6.04. The second-order valence-electron chi connectivity index (χ2n) is 5.13. The zero-order valence-electron chi connectivity index (χ0n) is 14.2. The van der Waals surface area contributed by atoms with Crippen LogP contribution in [0.25, 0.3) is 5.82 Å². The Morgan fingerprint density at radius 2 is 2.04 bits per heavy atom. The highest BCUT2D eigenvalue weighted by atomic mass is 32.2. The number of carbonyl (C=O) groups excluding carboxylic acids is 1. The van der Waals surface area contributed by atoms with Gasteiger partial charge in [-0.15, -0.1) is 10.2 Å². The number of amides is 1. The molecular weight excluding hydrogens is 348 g/mol. The predicted molar refractivity (Wildman–Crippen MR) is 90.3 cm³/mol. The van der Waals surface area contributed by atoms with Crippen molar-refractivity contribution in [2.75, 3.05) is 26.5 Å². The van der Waals surface area contributed by atoms with Crippen LogP contribution in [0.15, 0.2) is 18.3 Å². The third kappa shape index (κ3) is 4.97. The number of nitrogens with one attached hydrogen (secondary N) is 2. The van der Waals surface area contributed by atoms with E-state index in [-0.39, 0.29) is 19.0 Å². The van der Waals surface area contributed by atoms with Gasteiger partial charge in [0.25, 0.3) is 5.91 Å². The Labute approximate surface area is 145 Å². The lowest BCUT2D eigenvalue weighted by Gasteiger charge is -2.08. The zero-order chi connectivity index (χ0) is 18.4. The van der Waals surface area contributed by atoms with Gasteiger partial charge < -0.3 is 10.1 Å². The van der Waals surface area contributed by atoms with Crippen LogP contribution in [0.3, 0.4) is 0 Å². The molecule has 0 spiro atoms. The van der Waals surface area contributed by atoms with Crippen LogP contribution in [0, 0.1) is 0 Å². The van der Waals surface area contributed by atoms with Gasteiger partial charge in [-0.3, -0.25) is 4.79 Å². The minimum absolute atomic E-state index is 0.115. The van der Waals surface area contributed by atoms with E-state index < -0.39 is 10.0 Å². The lowest BCUT2D eigenvalue weighted by Crippen LogP contribution is -2.34. The van der Waals surface area contributed by atoms with E-state index in [0.717, 1.165) is 6.26 Å². The average molecular weight is 368 g/mol. The van der Waals surface area contributed by atoms with Crippen molar-refractivity contribution in [2.45, 2.75) is 13.3 Å². The Morgan fingerprint density at radius 3 is 2.60 bits per heavy atom. The molecule has 0 saturated heterocycles. The number of methoxy groups -OCH3 is 1. The molecular formula is C14H20N6O4S. The Bertz CT molecular complexity index is 832. The van der Waals surface area contributed by atoms with Crippen molar-refractivity contribution < 1.29 is 17.9 Å². The van der Waals surface area contributed by atoms with E-state index in [4.69, 9.17) is 4.74 Å². The topological polar surface area (TPSA) is 128 Å². The van der Waals surface area contributed by atoms with Crippen LogP contribution in [0.2, 0.25) is 0 Å². The number of nitrogens with zero attached hydrogens (tertiary/aromatic N) is 4. The van der Waals surface area contributed by atoms with Gasteiger partial charge in [-0.1, -0.05) is 6.92 Å². The molecule has 2 heterocycles. The van der Waals surface area contributed by atoms with Gasteiger partial charge in [-0.2, -0.15) is 5.10 Å². The van der Waals surface area contributed by atoms with Gasteiger partial charge in [0.05, 0.1) is 30.8 Å². The van der Waals surface area contributed by atoms with Crippen LogP contribution in [-0.4, -0.2) is 60.8 Å². The predicted octanol–water partition coefficient (Wildman–Crippen LogP) is -0.488. The molecule has 0 atom stereocenters. The molecule has 0 radical (unpaired) electrons. The number of carbonyl (C=O) groups is 1. The van der Waals surface area contributed by atoms with E-state index in [2.05, 4.69) is 25.3 Å². The van der Waals surface area contributed by atoms with E-state index in [1.165, 1.54) is 18.0 Å². The van der Waals surface area contributed by atoms with E-state index >= 15 is 0 Å². The fraction of sp³-hybridized carbons (Fsp3) is 0.429. The van der Waals surface area contributed by atoms with Crippen molar-refractivity contribution in [3.05, 3.63) is 29.6 Å². The van der Waals surface area contributed by atoms with Crippen LogP contribution in [0.1, 0.15) is 23.0 Å². The smallest absolute Gasteiger partial charge is 0.254 e. The normalized spacial score (nSPS) is 11.3. The van der Waals surface area contributed by atoms with Crippen LogP contribution >= 0.6 is 0 Å². The van der Waals surface area contributed by atoms with Crippen molar-refractivity contribution in [3.63, 3.8) is 0 Å². The first kappa shape index (κ1) is 18.8. The average Bonchev–Trinajstić information content (AvgIpc) is 3.01. The maximum Gasteiger partial charge on any atom is 0.254 e. The summed E-state index contributed by atoms with van der Waals surface area (Å²) in [6, 6.07) is 3.34. The quantitative estimate of drug-likeness (QED) is 0.602. The minimum Gasteiger partial charge on any atom is -0.480 e. The summed E-state index contributed by atoms with van der Waals surface area (Å²) in [5.74, 6) is 0.514. The summed E-state index contributed by atoms with van der Waals surface area (Å²) in [4.78, 5) is 12.3. The minimum atomic E-state index is -3.28. The fourth-order valence-electron chi connectivity index (χ4n) is 2.14. The van der Waals surface area contributed by atoms with Crippen LogP contribution < -0.4 is 14.8 Å². The fourth-order valence-corrected chi connectivity index (χ4v) is 2.62. The molecule has 2 aromatic rings. The number of ether oxygens (including phenoxy) is 1. The SMILES string of the molecule is CCc1c(C(=O)NCCNS(C)(=O)=O)cnn1-c1ccc(OC)nn1. The van der Waals surface area contributed by atoms with E-state index in [0.29, 0.717) is 29.4 Å². The maximum atomic E-state index is 12.3. The van der Waals surface area contributed by atoms with Gasteiger partial charge in [0, 0.05) is 19.2 Å². The molecule has 0 aliphatic carbocycles. The van der Waals surface area contributed by atoms with E-state index in [9.17, 15) is 13.2 Å². The first-order valence-corrected chi connectivity index (χ1v) is 9.42. The molecule has 2 aromatic heterocycles. The van der Waals surface area contributed by atoms with Gasteiger partial charge in [-0.25, -0.2) is 17.8 Å². The maximum absolute atomic E-state index is 12.3. The van der Waals surface area contributed by atoms with Crippen LogP contribution in [0.5, 0.6) is 5.88 Å². The molecule has 0 aliphatic heterocycles. The highest BCUT2D eigenvalue weighted by Gasteiger charge is 2.17. The second-order valence-corrected chi connectivity index (χ2v) is 6.96. The van der Waals surface area contributed by atoms with Crippen molar-refractivity contribution in [1.29, 1.82) is 0 Å². The van der Waals surface area contributed by atoms with Crippen molar-refractivity contribution in [1.82, 2.24) is 30.0 Å². The summed E-state index contributed by atoms with van der Waals surface area (Å²) in [5.41, 5.74) is 1.08. The van der Waals surface area contributed by atoms with Crippen LogP contribution in [0.4, 0.5) is 0 Å². The van der Waals surface area contributed by atoms with Crippen LogP contribution in [-0.2, 0) is 16.4 Å². The van der Waals surface area contributed by atoms with Gasteiger partial charge in [-0.05, 0) is 12.5 Å². The van der Waals surface area contributed by atoms with Crippen molar-refractivity contribution in [3.8, 4) is 11.7 Å². The van der Waals surface area contributed by atoms with Crippen molar-refractivity contribution >= 4 is 15.9 Å². The molecule has 25 heavy (non-hydrogen) atoms. The molecule has 0 unspecified atom stereocenters. The summed E-state index contributed by atoms with van der Waals surface area (Å²) in [7, 11) is -1.78. The zero-order valence-corrected chi connectivity index (χ0v) is 15.0. The summed E-state index contributed by atoms with van der Waals surface area (Å²) in [6.07, 6.45) is 3.06. The number of sulfonamides is 1. The molecule has 11 heteroatoms. The Morgan fingerprint density at radius 1 is 1.28 bits per heavy atom. The number of hydrogen-bond donors (Lipinski definition) is 2. The van der Waals surface area contributed by atoms with Crippen molar-refractivity contribution in [2.24, 2.45) is 0 Å². The number of rotatable bonds is 8. The Balaban J connectivity index is 2.11. The molecule has 10 nitrogen and oxygen atoms in total. The Hall–Kier alpha value is -2.53. The molecule has 0 saturated carbocycles. The first-order valence-electron chi connectivity index (χ1n) is 7.53. The third-order valence-corrected chi connectivity index (χ3v) is 4.00. The molecule has 2 rings (SSSR count). The highest BCUT2D eigenvalue weighted by Crippen LogP contribution is 2.15. The van der Waals surface area contributed by atoms with Gasteiger partial charge >= 0.3 is 0 Å². The molecule has 0 fully saturated rings. The summed E-state index contributed by atoms with van der Waals surface area (Å²) in [5, 5.41) is 14.8. The molecule has 2 N–H and O–H groups in total. The summed E-state index contributed by atoms with van der Waals surface area (Å²) >= 11 is 0. The number of aromatic nitrogens is 4. The highest BCUT2D eigenvalue weighted by molar-refractivity contribution is 7.88. The monoisotopic (exact) mass is 368 g/mol. The van der Waals surface area contributed by atoms with Gasteiger partial charge in [0.15, 0.2) is 5.82 Å². The molecule has 1 amide bonds. The van der Waals surface area contributed by atoms with Gasteiger partial charge in [0.1, 0.15) is 0 Å². The first-order chi connectivity index (χ1) is 11.9. The molecule has 0 aliphatic rings. The molecule has 0 bridgehead atoms. The van der Waals surface area contributed by atoms with E-state index in [1.807, 2.05) is 6.92 Å². The summed E-state index contributed by atoms with van der Waals surface area (Å²) < 4.78 is 30.8. The lowest BCUT2D eigenvalue weighted by molar-refractivity contribution is 0.0953.